The van der Waals surface area contributed by atoms with Crippen LogP contribution in [0.15, 0.2) is 0 Å². The minimum atomic E-state index is -3.16. The van der Waals surface area contributed by atoms with Crippen LogP contribution in [0.4, 0.5) is 0 Å². The smallest absolute Gasteiger partial charge is 0.223 e. The van der Waals surface area contributed by atoms with Crippen LogP contribution in [0.2, 0.25) is 0 Å². The Morgan fingerprint density at radius 1 is 1.50 bits per heavy atom. The number of carbonyl (C=O) groups excluding carboxylic acids is 1. The molecule has 0 aromatic carbocycles. The van der Waals surface area contributed by atoms with E-state index in [-0.39, 0.29) is 24.1 Å². The second-order valence-electron chi connectivity index (χ2n) is 5.10. The molecule has 1 saturated heterocycles. The summed E-state index contributed by atoms with van der Waals surface area (Å²) in [5, 5.41) is -0.519. The van der Waals surface area contributed by atoms with Crippen LogP contribution in [0.1, 0.15) is 13.3 Å². The molecule has 0 saturated carbocycles. The van der Waals surface area contributed by atoms with Gasteiger partial charge in [0.15, 0.2) is 9.84 Å². The average Bonchev–Trinajstić information content (AvgIpc) is 2.44. The van der Waals surface area contributed by atoms with Gasteiger partial charge in [-0.2, -0.15) is 11.8 Å². The molecule has 1 amide bonds. The molecule has 2 atom stereocenters. The normalized spacial score (nSPS) is 22.5. The van der Waals surface area contributed by atoms with Crippen molar-refractivity contribution in [3.8, 4) is 0 Å². The summed E-state index contributed by atoms with van der Waals surface area (Å²) in [6.45, 7) is 2.62. The van der Waals surface area contributed by atoms with Crippen molar-refractivity contribution in [2.24, 2.45) is 5.73 Å². The molecule has 1 aliphatic rings. The van der Waals surface area contributed by atoms with Crippen LogP contribution in [-0.2, 0) is 14.6 Å². The van der Waals surface area contributed by atoms with E-state index in [4.69, 9.17) is 5.73 Å². The van der Waals surface area contributed by atoms with E-state index in [0.29, 0.717) is 18.8 Å². The highest BCUT2D eigenvalue weighted by molar-refractivity contribution is 8.01. The summed E-state index contributed by atoms with van der Waals surface area (Å²) in [5.74, 6) is 1.53. The largest absolute Gasteiger partial charge is 0.349 e. The van der Waals surface area contributed by atoms with E-state index in [9.17, 15) is 13.2 Å². The number of sulfone groups is 1. The first kappa shape index (κ1) is 17.7. The van der Waals surface area contributed by atoms with Crippen molar-refractivity contribution in [3.05, 3.63) is 0 Å². The van der Waals surface area contributed by atoms with Crippen molar-refractivity contribution in [1.82, 2.24) is 9.80 Å². The lowest BCUT2D eigenvalue weighted by atomic mass is 10.1. The number of rotatable bonds is 6. The van der Waals surface area contributed by atoms with Gasteiger partial charge in [0.1, 0.15) is 5.37 Å². The fraction of sp³-hybridized carbons (Fsp3) is 0.917. The Balaban J connectivity index is 2.89. The van der Waals surface area contributed by atoms with Crippen molar-refractivity contribution >= 4 is 27.5 Å². The molecule has 0 aromatic rings. The second-order valence-corrected chi connectivity index (χ2v) is 8.70. The van der Waals surface area contributed by atoms with E-state index in [1.165, 1.54) is 4.90 Å². The second kappa shape index (κ2) is 7.63. The molecule has 118 valence electrons. The van der Waals surface area contributed by atoms with Crippen LogP contribution in [-0.4, -0.2) is 80.0 Å². The zero-order valence-electron chi connectivity index (χ0n) is 12.4. The fourth-order valence-electron chi connectivity index (χ4n) is 2.23. The van der Waals surface area contributed by atoms with Crippen molar-refractivity contribution in [2.45, 2.75) is 24.8 Å². The van der Waals surface area contributed by atoms with Crippen molar-refractivity contribution in [3.63, 3.8) is 0 Å². The molecule has 1 heterocycles. The third kappa shape index (κ3) is 4.34. The monoisotopic (exact) mass is 323 g/mol. The van der Waals surface area contributed by atoms with Gasteiger partial charge in [-0.3, -0.25) is 9.69 Å². The van der Waals surface area contributed by atoms with Gasteiger partial charge in [-0.15, -0.1) is 0 Å². The maximum absolute atomic E-state index is 12.2. The lowest BCUT2D eigenvalue weighted by molar-refractivity contribution is -0.130. The first-order chi connectivity index (χ1) is 9.33. The molecular formula is C12H25N3O3S2. The molecule has 1 fully saturated rings. The zero-order chi connectivity index (χ0) is 15.3. The van der Waals surface area contributed by atoms with Gasteiger partial charge >= 0.3 is 0 Å². The summed E-state index contributed by atoms with van der Waals surface area (Å²) in [5.41, 5.74) is 5.78. The molecule has 0 spiro atoms. The molecule has 6 nitrogen and oxygen atoms in total. The zero-order valence-corrected chi connectivity index (χ0v) is 14.0. The third-order valence-electron chi connectivity index (χ3n) is 3.59. The fourth-order valence-corrected chi connectivity index (χ4v) is 5.33. The van der Waals surface area contributed by atoms with Crippen molar-refractivity contribution in [2.75, 3.05) is 44.4 Å². The van der Waals surface area contributed by atoms with E-state index in [2.05, 4.69) is 0 Å². The summed E-state index contributed by atoms with van der Waals surface area (Å²) in [7, 11) is 0.236. The van der Waals surface area contributed by atoms with Crippen LogP contribution in [0.3, 0.4) is 0 Å². The van der Waals surface area contributed by atoms with Crippen LogP contribution in [0, 0.1) is 0 Å². The Bertz CT molecular complexity index is 426. The van der Waals surface area contributed by atoms with E-state index < -0.39 is 15.2 Å². The molecule has 0 radical (unpaired) electrons. The molecule has 0 aliphatic carbocycles. The van der Waals surface area contributed by atoms with Crippen LogP contribution < -0.4 is 5.73 Å². The Kier molecular flexibility index (Phi) is 6.77. The van der Waals surface area contributed by atoms with Crippen LogP contribution in [0.5, 0.6) is 0 Å². The molecule has 0 aromatic heterocycles. The quantitative estimate of drug-likeness (QED) is 0.716. The minimum absolute atomic E-state index is 0.0219. The number of nitrogens with zero attached hydrogens (tertiary/aromatic N) is 2. The predicted molar refractivity (Wildman–Crippen MR) is 83.4 cm³/mol. The molecule has 1 rings (SSSR count). The Hall–Kier alpha value is -0.310. The van der Waals surface area contributed by atoms with Gasteiger partial charge in [-0.05, 0) is 0 Å². The summed E-state index contributed by atoms with van der Waals surface area (Å²) in [6.07, 6.45) is 0.268. The van der Waals surface area contributed by atoms with E-state index in [1.54, 1.807) is 32.8 Å². The Morgan fingerprint density at radius 3 is 2.65 bits per heavy atom. The molecule has 0 bridgehead atoms. The minimum Gasteiger partial charge on any atom is -0.349 e. The number of nitrogens with two attached hydrogens (primary N) is 1. The van der Waals surface area contributed by atoms with Gasteiger partial charge in [-0.1, -0.05) is 6.92 Å². The molecule has 8 heteroatoms. The van der Waals surface area contributed by atoms with Crippen LogP contribution in [0.25, 0.3) is 0 Å². The highest BCUT2D eigenvalue weighted by Crippen LogP contribution is 2.24. The highest BCUT2D eigenvalue weighted by atomic mass is 32.2. The lowest BCUT2D eigenvalue weighted by Crippen LogP contribution is -2.55. The Labute approximate surface area is 126 Å². The molecular weight excluding hydrogens is 298 g/mol. The number of amides is 1. The Morgan fingerprint density at radius 2 is 2.15 bits per heavy atom. The summed E-state index contributed by atoms with van der Waals surface area (Å²) in [4.78, 5) is 15.3. The summed E-state index contributed by atoms with van der Waals surface area (Å²) < 4.78 is 24.4. The standard InChI is InChI=1S/C12H25N3O3S2/c1-4-20(17,18)12-9-19-6-5-15(12)10(8-13)7-11(16)14(2)3/h10,12H,4-9,13H2,1-3H3. The van der Waals surface area contributed by atoms with Gasteiger partial charge in [0.2, 0.25) is 5.91 Å². The number of thioether (sulfide) groups is 1. The van der Waals surface area contributed by atoms with Crippen LogP contribution >= 0.6 is 11.8 Å². The van der Waals surface area contributed by atoms with Crippen molar-refractivity contribution in [1.29, 1.82) is 0 Å². The lowest BCUT2D eigenvalue weighted by Gasteiger charge is -2.39. The van der Waals surface area contributed by atoms with Gasteiger partial charge < -0.3 is 10.6 Å². The number of hydrogen-bond acceptors (Lipinski definition) is 6. The maximum atomic E-state index is 12.2. The van der Waals surface area contributed by atoms with E-state index in [1.807, 2.05) is 4.90 Å². The molecule has 2 unspecified atom stereocenters. The number of carbonyl (C=O) groups is 1. The van der Waals surface area contributed by atoms with Gasteiger partial charge in [0.05, 0.1) is 0 Å². The molecule has 20 heavy (non-hydrogen) atoms. The maximum Gasteiger partial charge on any atom is 0.223 e. The average molecular weight is 323 g/mol. The van der Waals surface area contributed by atoms with Gasteiger partial charge in [0.25, 0.3) is 0 Å². The highest BCUT2D eigenvalue weighted by Gasteiger charge is 2.37. The van der Waals surface area contributed by atoms with E-state index >= 15 is 0 Å². The SMILES string of the molecule is CCS(=O)(=O)C1CSCCN1C(CN)CC(=O)N(C)C. The topological polar surface area (TPSA) is 83.7 Å². The predicted octanol–water partition coefficient (Wildman–Crippen LogP) is -0.398. The van der Waals surface area contributed by atoms with E-state index in [0.717, 1.165) is 5.75 Å². The first-order valence-electron chi connectivity index (χ1n) is 6.78. The molecule has 2 N–H and O–H groups in total. The van der Waals surface area contributed by atoms with Gasteiger partial charge in [-0.25, -0.2) is 8.42 Å². The van der Waals surface area contributed by atoms with Crippen molar-refractivity contribution < 1.29 is 13.2 Å². The molecule has 1 aliphatic heterocycles. The summed E-state index contributed by atoms with van der Waals surface area (Å²) >= 11 is 1.65. The third-order valence-corrected chi connectivity index (χ3v) is 6.90. The number of hydrogen-bond donors (Lipinski definition) is 1. The van der Waals surface area contributed by atoms with Gasteiger partial charge in [0, 0.05) is 56.9 Å². The summed E-state index contributed by atoms with van der Waals surface area (Å²) in [6, 6.07) is -0.211. The first-order valence-corrected chi connectivity index (χ1v) is 9.65.